The van der Waals surface area contributed by atoms with Crippen LogP contribution in [0.3, 0.4) is 0 Å². The minimum Gasteiger partial charge on any atom is -0.507 e. The summed E-state index contributed by atoms with van der Waals surface area (Å²) in [5.74, 6) is -0.466. The molecule has 9 heteroatoms. The second-order valence-electron chi connectivity index (χ2n) is 9.28. The lowest BCUT2D eigenvalue weighted by Gasteiger charge is -2.20. The number of nitrogens with two attached hydrogens (primary N) is 1. The second-order valence-corrected chi connectivity index (χ2v) is 9.28. The number of anilines is 4. The molecule has 0 atom stereocenters. The van der Waals surface area contributed by atoms with Crippen LogP contribution >= 0.6 is 0 Å². The molecule has 0 saturated carbocycles. The van der Waals surface area contributed by atoms with Crippen molar-refractivity contribution in [2.45, 2.75) is 19.8 Å². The number of hydrogen-bond donors (Lipinski definition) is 5. The summed E-state index contributed by atoms with van der Waals surface area (Å²) in [5, 5.41) is 20.8. The Hall–Kier alpha value is -4.89. The van der Waals surface area contributed by atoms with E-state index in [-0.39, 0.29) is 30.1 Å². The lowest BCUT2D eigenvalue weighted by molar-refractivity contribution is -0.114. The molecule has 0 radical (unpaired) electrons. The fourth-order valence-corrected chi connectivity index (χ4v) is 4.85. The van der Waals surface area contributed by atoms with Crippen molar-refractivity contribution in [1.29, 1.82) is 0 Å². The van der Waals surface area contributed by atoms with Crippen LogP contribution in [0.25, 0.3) is 10.8 Å². The number of nitrogens with one attached hydrogen (secondary N) is 3. The van der Waals surface area contributed by atoms with Gasteiger partial charge in [-0.25, -0.2) is 4.79 Å². The minimum atomic E-state index is -0.313. The molecule has 0 aromatic heterocycles. The van der Waals surface area contributed by atoms with Gasteiger partial charge in [-0.1, -0.05) is 31.2 Å². The van der Waals surface area contributed by atoms with Crippen LogP contribution in [0.2, 0.25) is 0 Å². The van der Waals surface area contributed by atoms with Crippen LogP contribution in [-0.4, -0.2) is 36.0 Å². The molecule has 6 N–H and O–H groups in total. The van der Waals surface area contributed by atoms with Gasteiger partial charge < -0.3 is 26.8 Å². The van der Waals surface area contributed by atoms with Gasteiger partial charge in [0.1, 0.15) is 5.75 Å². The topological polar surface area (TPSA) is 137 Å². The first kappa shape index (κ1) is 25.7. The molecule has 4 aromatic rings. The highest BCUT2D eigenvalue weighted by Gasteiger charge is 2.28. The third-order valence-electron chi connectivity index (χ3n) is 6.83. The highest BCUT2D eigenvalue weighted by molar-refractivity contribution is 6.08. The molecule has 4 aromatic carbocycles. The molecule has 39 heavy (non-hydrogen) atoms. The molecular formula is C30H29N5O4. The number of fused-ring (bicyclic) bond motifs is 3. The number of rotatable bonds is 6. The number of urea groups is 1. The summed E-state index contributed by atoms with van der Waals surface area (Å²) in [6.07, 6.45) is 1.34. The van der Waals surface area contributed by atoms with Crippen molar-refractivity contribution in [3.05, 3.63) is 89.5 Å². The molecule has 0 unspecified atom stereocenters. The van der Waals surface area contributed by atoms with Crippen LogP contribution in [0.4, 0.5) is 27.5 Å². The number of benzene rings is 4. The normalized spacial score (nSPS) is 12.2. The summed E-state index contributed by atoms with van der Waals surface area (Å²) in [7, 11) is 0. The van der Waals surface area contributed by atoms with E-state index in [1.165, 1.54) is 0 Å². The zero-order valence-corrected chi connectivity index (χ0v) is 21.5. The largest absolute Gasteiger partial charge is 0.507 e. The van der Waals surface area contributed by atoms with Crippen molar-refractivity contribution in [2.24, 2.45) is 5.73 Å². The van der Waals surface area contributed by atoms with Crippen LogP contribution < -0.4 is 26.6 Å². The Morgan fingerprint density at radius 2 is 1.62 bits per heavy atom. The third kappa shape index (κ3) is 5.25. The average molecular weight is 524 g/mol. The Kier molecular flexibility index (Phi) is 7.16. The summed E-state index contributed by atoms with van der Waals surface area (Å²) in [6.45, 7) is 2.36. The Morgan fingerprint density at radius 1 is 0.897 bits per heavy atom. The standard InChI is InChI=1S/C30H29N5O4/c1-2-18-15-21(33-29(38)19-7-9-20(10-8-19)32-28(37)17-31)11-12-25(18)34-30(39)35-14-13-23-22-5-3-4-6-24(22)27(36)16-26(23)35/h3-12,15-16,36H,2,13-14,17,31H2,1H3,(H,32,37)(H,33,38)(H,34,39). The second kappa shape index (κ2) is 10.8. The summed E-state index contributed by atoms with van der Waals surface area (Å²) >= 11 is 0. The average Bonchev–Trinajstić information content (AvgIpc) is 3.38. The predicted octanol–water partition coefficient (Wildman–Crippen LogP) is 4.85. The van der Waals surface area contributed by atoms with E-state index in [1.807, 2.05) is 37.3 Å². The molecule has 9 nitrogen and oxygen atoms in total. The molecule has 0 spiro atoms. The maximum absolute atomic E-state index is 13.3. The van der Waals surface area contributed by atoms with Crippen LogP contribution in [-0.2, 0) is 17.6 Å². The molecular weight excluding hydrogens is 494 g/mol. The molecule has 0 bridgehead atoms. The van der Waals surface area contributed by atoms with Gasteiger partial charge in [0, 0.05) is 40.6 Å². The van der Waals surface area contributed by atoms with Crippen LogP contribution in [0, 0.1) is 0 Å². The van der Waals surface area contributed by atoms with Crippen molar-refractivity contribution in [1.82, 2.24) is 0 Å². The zero-order chi connectivity index (χ0) is 27.5. The third-order valence-corrected chi connectivity index (χ3v) is 6.83. The van der Waals surface area contributed by atoms with E-state index in [0.717, 1.165) is 21.9 Å². The molecule has 1 heterocycles. The van der Waals surface area contributed by atoms with Gasteiger partial charge >= 0.3 is 6.03 Å². The number of nitrogens with zero attached hydrogens (tertiary/aromatic N) is 1. The van der Waals surface area contributed by atoms with Gasteiger partial charge in [0.2, 0.25) is 5.91 Å². The van der Waals surface area contributed by atoms with E-state index in [9.17, 15) is 19.5 Å². The molecule has 198 valence electrons. The fourth-order valence-electron chi connectivity index (χ4n) is 4.85. The van der Waals surface area contributed by atoms with E-state index in [4.69, 9.17) is 5.73 Å². The van der Waals surface area contributed by atoms with Crippen molar-refractivity contribution in [3.8, 4) is 5.75 Å². The van der Waals surface area contributed by atoms with E-state index < -0.39 is 0 Å². The van der Waals surface area contributed by atoms with Gasteiger partial charge in [0.25, 0.3) is 5.91 Å². The van der Waals surface area contributed by atoms with Crippen molar-refractivity contribution in [2.75, 3.05) is 33.9 Å². The Bertz CT molecular complexity index is 1580. The van der Waals surface area contributed by atoms with Crippen LogP contribution in [0.15, 0.2) is 72.8 Å². The first-order valence-electron chi connectivity index (χ1n) is 12.7. The van der Waals surface area contributed by atoms with Gasteiger partial charge in [-0.2, -0.15) is 0 Å². The number of carbonyl (C=O) groups excluding carboxylic acids is 3. The van der Waals surface area contributed by atoms with Gasteiger partial charge in [-0.15, -0.1) is 0 Å². The zero-order valence-electron chi connectivity index (χ0n) is 21.5. The molecule has 1 aliphatic rings. The Morgan fingerprint density at radius 3 is 2.33 bits per heavy atom. The van der Waals surface area contributed by atoms with Crippen molar-refractivity contribution < 1.29 is 19.5 Å². The molecule has 4 amide bonds. The first-order valence-corrected chi connectivity index (χ1v) is 12.7. The molecule has 0 fully saturated rings. The highest BCUT2D eigenvalue weighted by Crippen LogP contribution is 2.39. The molecule has 0 saturated heterocycles. The van der Waals surface area contributed by atoms with Crippen LogP contribution in [0.1, 0.15) is 28.4 Å². The number of phenolic OH excluding ortho intramolecular Hbond substituents is 1. The monoisotopic (exact) mass is 523 g/mol. The number of aromatic hydroxyl groups is 1. The predicted molar refractivity (Wildman–Crippen MR) is 154 cm³/mol. The summed E-state index contributed by atoms with van der Waals surface area (Å²) in [4.78, 5) is 39.1. The van der Waals surface area contributed by atoms with Crippen molar-refractivity contribution >= 4 is 51.4 Å². The Balaban J connectivity index is 1.29. The van der Waals surface area contributed by atoms with Crippen molar-refractivity contribution in [3.63, 3.8) is 0 Å². The van der Waals surface area contributed by atoms with E-state index in [0.29, 0.717) is 47.7 Å². The smallest absolute Gasteiger partial charge is 0.326 e. The summed E-state index contributed by atoms with van der Waals surface area (Å²) < 4.78 is 0. The summed E-state index contributed by atoms with van der Waals surface area (Å²) in [6, 6.07) is 20.9. The highest BCUT2D eigenvalue weighted by atomic mass is 16.3. The van der Waals surface area contributed by atoms with E-state index in [2.05, 4.69) is 16.0 Å². The maximum Gasteiger partial charge on any atom is 0.326 e. The van der Waals surface area contributed by atoms with Gasteiger partial charge in [0.15, 0.2) is 0 Å². The molecule has 0 aliphatic carbocycles. The number of phenols is 1. The Labute approximate surface area is 225 Å². The lowest BCUT2D eigenvalue weighted by Crippen LogP contribution is -2.33. The molecule has 5 rings (SSSR count). The van der Waals surface area contributed by atoms with Gasteiger partial charge in [-0.3, -0.25) is 14.5 Å². The SMILES string of the molecule is CCc1cc(NC(=O)c2ccc(NC(=O)CN)cc2)ccc1NC(=O)N1CCc2c1cc(O)c1ccccc21. The quantitative estimate of drug-likeness (QED) is 0.246. The van der Waals surface area contributed by atoms with Crippen LogP contribution in [0.5, 0.6) is 5.75 Å². The minimum absolute atomic E-state index is 0.120. The van der Waals surface area contributed by atoms with E-state index in [1.54, 1.807) is 47.4 Å². The number of hydrogen-bond acceptors (Lipinski definition) is 5. The maximum atomic E-state index is 13.3. The molecule has 1 aliphatic heterocycles. The van der Waals surface area contributed by atoms with Gasteiger partial charge in [-0.05, 0) is 71.8 Å². The number of carbonyl (C=O) groups is 3. The van der Waals surface area contributed by atoms with Gasteiger partial charge in [0.05, 0.1) is 12.2 Å². The first-order chi connectivity index (χ1) is 18.9. The number of amides is 4. The fraction of sp³-hybridized carbons (Fsp3) is 0.167. The lowest BCUT2D eigenvalue weighted by atomic mass is 10.0. The number of aryl methyl sites for hydroxylation is 1. The van der Waals surface area contributed by atoms with E-state index >= 15 is 0 Å². The summed E-state index contributed by atoms with van der Waals surface area (Å²) in [5.41, 5.74) is 10.2.